The van der Waals surface area contributed by atoms with E-state index in [9.17, 15) is 5.11 Å². The van der Waals surface area contributed by atoms with Gasteiger partial charge in [-0.2, -0.15) is 0 Å². The SMILES string of the molecule is Cc1cc(C)c(C)c(CN(C)CC(C)(C)O)c1C. The number of benzene rings is 1. The van der Waals surface area contributed by atoms with Gasteiger partial charge >= 0.3 is 0 Å². The number of rotatable bonds is 4. The third kappa shape index (κ3) is 3.82. The first kappa shape index (κ1) is 15.2. The molecule has 0 aliphatic rings. The van der Waals surface area contributed by atoms with E-state index in [1.807, 2.05) is 13.8 Å². The quantitative estimate of drug-likeness (QED) is 0.886. The highest BCUT2D eigenvalue weighted by molar-refractivity contribution is 5.43. The highest BCUT2D eigenvalue weighted by Gasteiger charge is 2.17. The molecule has 1 aromatic rings. The molecule has 0 atom stereocenters. The van der Waals surface area contributed by atoms with Gasteiger partial charge in [-0.3, -0.25) is 4.90 Å². The van der Waals surface area contributed by atoms with Gasteiger partial charge in [0.15, 0.2) is 0 Å². The van der Waals surface area contributed by atoms with Crippen molar-refractivity contribution in [2.75, 3.05) is 13.6 Å². The van der Waals surface area contributed by atoms with Gasteiger partial charge in [-0.15, -0.1) is 0 Å². The van der Waals surface area contributed by atoms with Crippen LogP contribution in [0.1, 0.15) is 41.7 Å². The molecule has 0 aromatic heterocycles. The number of hydrogen-bond acceptors (Lipinski definition) is 2. The van der Waals surface area contributed by atoms with E-state index in [1.165, 1.54) is 27.8 Å². The lowest BCUT2D eigenvalue weighted by Crippen LogP contribution is -2.36. The van der Waals surface area contributed by atoms with Crippen LogP contribution < -0.4 is 0 Å². The molecule has 0 fully saturated rings. The summed E-state index contributed by atoms with van der Waals surface area (Å²) in [4.78, 5) is 2.19. The molecule has 102 valence electrons. The second-order valence-electron chi connectivity index (χ2n) is 6.22. The smallest absolute Gasteiger partial charge is 0.0718 e. The Hall–Kier alpha value is -0.860. The summed E-state index contributed by atoms with van der Waals surface area (Å²) in [6, 6.07) is 2.25. The molecule has 0 spiro atoms. The summed E-state index contributed by atoms with van der Waals surface area (Å²) in [5.41, 5.74) is 6.21. The third-order valence-electron chi connectivity index (χ3n) is 3.61. The maximum Gasteiger partial charge on any atom is 0.0718 e. The minimum Gasteiger partial charge on any atom is -0.389 e. The average molecular weight is 249 g/mol. The normalized spacial score (nSPS) is 12.3. The zero-order valence-corrected chi connectivity index (χ0v) is 12.9. The summed E-state index contributed by atoms with van der Waals surface area (Å²) in [5, 5.41) is 9.87. The molecule has 2 heteroatoms. The van der Waals surface area contributed by atoms with Crippen LogP contribution in [0.5, 0.6) is 0 Å². The molecule has 0 unspecified atom stereocenters. The van der Waals surface area contributed by atoms with E-state index < -0.39 is 5.60 Å². The van der Waals surface area contributed by atoms with Crippen molar-refractivity contribution in [2.24, 2.45) is 0 Å². The van der Waals surface area contributed by atoms with Crippen molar-refractivity contribution in [1.82, 2.24) is 4.90 Å². The van der Waals surface area contributed by atoms with Crippen molar-refractivity contribution in [2.45, 2.75) is 53.7 Å². The molecule has 0 amide bonds. The summed E-state index contributed by atoms with van der Waals surface area (Å²) in [7, 11) is 2.06. The van der Waals surface area contributed by atoms with E-state index in [0.717, 1.165) is 6.54 Å². The summed E-state index contributed by atoms with van der Waals surface area (Å²) in [6.45, 7) is 14.0. The number of aryl methyl sites for hydroxylation is 2. The predicted molar refractivity (Wildman–Crippen MR) is 78.0 cm³/mol. The van der Waals surface area contributed by atoms with E-state index in [-0.39, 0.29) is 0 Å². The van der Waals surface area contributed by atoms with Crippen LogP contribution in [0.3, 0.4) is 0 Å². The van der Waals surface area contributed by atoms with Gasteiger partial charge in [0.2, 0.25) is 0 Å². The van der Waals surface area contributed by atoms with E-state index >= 15 is 0 Å². The van der Waals surface area contributed by atoms with Crippen molar-refractivity contribution in [1.29, 1.82) is 0 Å². The molecule has 0 saturated carbocycles. The van der Waals surface area contributed by atoms with Gasteiger partial charge in [-0.1, -0.05) is 6.07 Å². The Morgan fingerprint density at radius 1 is 1.06 bits per heavy atom. The third-order valence-corrected chi connectivity index (χ3v) is 3.61. The molecule has 0 bridgehead atoms. The molecule has 2 nitrogen and oxygen atoms in total. The fourth-order valence-electron chi connectivity index (χ4n) is 2.52. The first-order chi connectivity index (χ1) is 8.11. The van der Waals surface area contributed by atoms with Crippen LogP contribution in [0.15, 0.2) is 6.07 Å². The first-order valence-corrected chi connectivity index (χ1v) is 6.59. The topological polar surface area (TPSA) is 23.5 Å². The van der Waals surface area contributed by atoms with Crippen molar-refractivity contribution >= 4 is 0 Å². The number of nitrogens with zero attached hydrogens (tertiary/aromatic N) is 1. The molecule has 0 aliphatic carbocycles. The predicted octanol–water partition coefficient (Wildman–Crippen LogP) is 3.12. The van der Waals surface area contributed by atoms with Crippen LogP contribution in [-0.2, 0) is 6.54 Å². The summed E-state index contributed by atoms with van der Waals surface area (Å²) in [5.74, 6) is 0. The maximum atomic E-state index is 9.87. The Bertz CT molecular complexity index is 403. The van der Waals surface area contributed by atoms with Gasteiger partial charge in [-0.25, -0.2) is 0 Å². The Morgan fingerprint density at radius 2 is 1.50 bits per heavy atom. The lowest BCUT2D eigenvalue weighted by atomic mass is 9.94. The van der Waals surface area contributed by atoms with E-state index in [2.05, 4.69) is 45.7 Å². The fraction of sp³-hybridized carbons (Fsp3) is 0.625. The van der Waals surface area contributed by atoms with Crippen LogP contribution in [0.2, 0.25) is 0 Å². The zero-order valence-electron chi connectivity index (χ0n) is 12.9. The average Bonchev–Trinajstić information content (AvgIpc) is 2.19. The highest BCUT2D eigenvalue weighted by Crippen LogP contribution is 2.23. The van der Waals surface area contributed by atoms with Gasteiger partial charge in [-0.05, 0) is 76.4 Å². The van der Waals surface area contributed by atoms with E-state index in [0.29, 0.717) is 6.54 Å². The van der Waals surface area contributed by atoms with Gasteiger partial charge in [0.1, 0.15) is 0 Å². The van der Waals surface area contributed by atoms with Crippen molar-refractivity contribution in [3.05, 3.63) is 33.9 Å². The van der Waals surface area contributed by atoms with Gasteiger partial charge in [0.05, 0.1) is 5.60 Å². The van der Waals surface area contributed by atoms with Crippen LogP contribution in [0, 0.1) is 27.7 Å². The molecule has 0 aliphatic heterocycles. The summed E-state index contributed by atoms with van der Waals surface area (Å²) < 4.78 is 0. The fourth-order valence-corrected chi connectivity index (χ4v) is 2.52. The molecular formula is C16H27NO. The largest absolute Gasteiger partial charge is 0.389 e. The monoisotopic (exact) mass is 249 g/mol. The molecule has 0 radical (unpaired) electrons. The molecule has 0 heterocycles. The molecular weight excluding hydrogens is 222 g/mol. The van der Waals surface area contributed by atoms with Crippen LogP contribution >= 0.6 is 0 Å². The minimum atomic E-state index is -0.643. The number of aliphatic hydroxyl groups is 1. The lowest BCUT2D eigenvalue weighted by molar-refractivity contribution is 0.0423. The van der Waals surface area contributed by atoms with Crippen LogP contribution in [-0.4, -0.2) is 29.2 Å². The van der Waals surface area contributed by atoms with Crippen molar-refractivity contribution in [3.8, 4) is 0 Å². The molecule has 0 saturated heterocycles. The van der Waals surface area contributed by atoms with Crippen molar-refractivity contribution < 1.29 is 5.11 Å². The molecule has 18 heavy (non-hydrogen) atoms. The lowest BCUT2D eigenvalue weighted by Gasteiger charge is -2.27. The zero-order chi connectivity index (χ0) is 14.1. The van der Waals surface area contributed by atoms with Crippen molar-refractivity contribution in [3.63, 3.8) is 0 Å². The highest BCUT2D eigenvalue weighted by atomic mass is 16.3. The van der Waals surface area contributed by atoms with E-state index in [4.69, 9.17) is 0 Å². The molecule has 1 aromatic carbocycles. The van der Waals surface area contributed by atoms with Crippen LogP contribution in [0.4, 0.5) is 0 Å². The molecule has 1 rings (SSSR count). The first-order valence-electron chi connectivity index (χ1n) is 6.59. The minimum absolute atomic E-state index is 0.643. The second kappa shape index (κ2) is 5.41. The summed E-state index contributed by atoms with van der Waals surface area (Å²) >= 11 is 0. The van der Waals surface area contributed by atoms with Crippen LogP contribution in [0.25, 0.3) is 0 Å². The second-order valence-corrected chi connectivity index (χ2v) is 6.22. The van der Waals surface area contributed by atoms with Gasteiger partial charge < -0.3 is 5.11 Å². The number of likely N-dealkylation sites (N-methyl/N-ethyl adjacent to an activating group) is 1. The van der Waals surface area contributed by atoms with E-state index in [1.54, 1.807) is 0 Å². The number of hydrogen-bond donors (Lipinski definition) is 1. The Kier molecular flexibility index (Phi) is 4.57. The Balaban J connectivity index is 2.97. The molecule has 1 N–H and O–H groups in total. The maximum absolute atomic E-state index is 9.87. The standard InChI is InChI=1S/C16H27NO/c1-11-8-12(2)14(4)15(13(11)3)9-17(7)10-16(5,6)18/h8,18H,9-10H2,1-7H3. The van der Waals surface area contributed by atoms with Gasteiger partial charge in [0, 0.05) is 13.1 Å². The van der Waals surface area contributed by atoms with Gasteiger partial charge in [0.25, 0.3) is 0 Å². The Labute approximate surface area is 112 Å². The summed E-state index contributed by atoms with van der Waals surface area (Å²) in [6.07, 6.45) is 0. The Morgan fingerprint density at radius 3 is 1.89 bits per heavy atom.